The molecular weight excluding hydrogens is 358 g/mol. The summed E-state index contributed by atoms with van der Waals surface area (Å²) in [5.41, 5.74) is 8.73. The van der Waals surface area contributed by atoms with Crippen molar-refractivity contribution in [3.63, 3.8) is 0 Å². The third-order valence-corrected chi connectivity index (χ3v) is 5.31. The SMILES string of the molecule is N#Cc1ccc2cc3nc(N)c4ncn(C5C[C@H](O)[C@@H](CO)O5)c4c3cc2c1. The smallest absolute Gasteiger partial charge is 0.152 e. The van der Waals surface area contributed by atoms with Gasteiger partial charge >= 0.3 is 0 Å². The zero-order valence-electron chi connectivity index (χ0n) is 14.8. The van der Waals surface area contributed by atoms with E-state index in [1.54, 1.807) is 12.4 Å². The fourth-order valence-electron chi connectivity index (χ4n) is 3.90. The lowest BCUT2D eigenvalue weighted by Crippen LogP contribution is -2.24. The molecule has 8 nitrogen and oxygen atoms in total. The van der Waals surface area contributed by atoms with E-state index in [1.165, 1.54) is 0 Å². The predicted molar refractivity (Wildman–Crippen MR) is 103 cm³/mol. The number of nitrogen functional groups attached to an aromatic ring is 1. The molecule has 2 aromatic carbocycles. The number of imidazole rings is 1. The van der Waals surface area contributed by atoms with Gasteiger partial charge in [0, 0.05) is 11.8 Å². The number of nitrogens with zero attached hydrogens (tertiary/aromatic N) is 4. The van der Waals surface area contributed by atoms with Crippen LogP contribution in [-0.2, 0) is 4.74 Å². The van der Waals surface area contributed by atoms with E-state index in [2.05, 4.69) is 16.0 Å². The Morgan fingerprint density at radius 1 is 1.29 bits per heavy atom. The second-order valence-electron chi connectivity index (χ2n) is 7.00. The van der Waals surface area contributed by atoms with Gasteiger partial charge in [-0.3, -0.25) is 0 Å². The Balaban J connectivity index is 1.78. The molecule has 4 N–H and O–H groups in total. The van der Waals surface area contributed by atoms with E-state index in [1.807, 2.05) is 28.8 Å². The molecule has 8 heteroatoms. The average Bonchev–Trinajstić information content (AvgIpc) is 3.30. The number of rotatable bonds is 2. The Labute approximate surface area is 159 Å². The molecule has 0 saturated carbocycles. The molecule has 0 amide bonds. The number of nitrogens with two attached hydrogens (primary N) is 1. The number of aliphatic hydroxyl groups excluding tert-OH is 2. The first-order chi connectivity index (χ1) is 13.6. The van der Waals surface area contributed by atoms with Crippen LogP contribution in [0.2, 0.25) is 0 Å². The van der Waals surface area contributed by atoms with Gasteiger partial charge in [-0.2, -0.15) is 5.26 Å². The van der Waals surface area contributed by atoms with Crippen molar-refractivity contribution in [3.8, 4) is 6.07 Å². The van der Waals surface area contributed by atoms with Gasteiger partial charge in [-0.25, -0.2) is 9.97 Å². The van der Waals surface area contributed by atoms with Crippen molar-refractivity contribution in [1.29, 1.82) is 5.26 Å². The molecule has 0 aliphatic carbocycles. The van der Waals surface area contributed by atoms with Crippen LogP contribution in [0.1, 0.15) is 18.2 Å². The molecule has 3 atom stereocenters. The van der Waals surface area contributed by atoms with Crippen molar-refractivity contribution < 1.29 is 14.9 Å². The van der Waals surface area contributed by atoms with E-state index < -0.39 is 18.4 Å². The molecule has 1 aliphatic rings. The standard InChI is InChI=1S/C20H17N5O3/c21-7-10-1-2-11-5-14-13(4-12(11)3-10)19-18(20(22)24-14)23-9-25(19)17-6-15(27)16(8-26)28-17/h1-5,9,15-17,26-27H,6,8H2,(H2,22,24)/t15-,16+,17?/m0/s1. The van der Waals surface area contributed by atoms with E-state index in [-0.39, 0.29) is 6.61 Å². The molecule has 1 saturated heterocycles. The molecule has 3 heterocycles. The van der Waals surface area contributed by atoms with Gasteiger partial charge in [0.2, 0.25) is 0 Å². The highest BCUT2D eigenvalue weighted by molar-refractivity contribution is 6.11. The van der Waals surface area contributed by atoms with Gasteiger partial charge in [0.05, 0.1) is 41.7 Å². The molecular formula is C20H17N5O3. The van der Waals surface area contributed by atoms with Gasteiger partial charge in [0.25, 0.3) is 0 Å². The Hall–Kier alpha value is -3.25. The Bertz CT molecular complexity index is 1280. The lowest BCUT2D eigenvalue weighted by Gasteiger charge is -2.15. The van der Waals surface area contributed by atoms with Gasteiger partial charge in [0.15, 0.2) is 5.82 Å². The maximum Gasteiger partial charge on any atom is 0.152 e. The molecule has 28 heavy (non-hydrogen) atoms. The van der Waals surface area contributed by atoms with Crippen molar-refractivity contribution in [1.82, 2.24) is 14.5 Å². The topological polar surface area (TPSA) is 130 Å². The van der Waals surface area contributed by atoms with Crippen LogP contribution in [0.4, 0.5) is 5.82 Å². The summed E-state index contributed by atoms with van der Waals surface area (Å²) in [6.45, 7) is -0.254. The number of benzene rings is 2. The monoisotopic (exact) mass is 375 g/mol. The quantitative estimate of drug-likeness (QED) is 0.456. The van der Waals surface area contributed by atoms with Crippen LogP contribution < -0.4 is 5.73 Å². The first-order valence-electron chi connectivity index (χ1n) is 8.93. The highest BCUT2D eigenvalue weighted by atomic mass is 16.5. The first-order valence-corrected chi connectivity index (χ1v) is 8.93. The summed E-state index contributed by atoms with van der Waals surface area (Å²) in [7, 11) is 0. The fourth-order valence-corrected chi connectivity index (χ4v) is 3.90. The Morgan fingerprint density at radius 3 is 2.89 bits per heavy atom. The zero-order chi connectivity index (χ0) is 19.4. The molecule has 5 rings (SSSR count). The van der Waals surface area contributed by atoms with Gasteiger partial charge in [0.1, 0.15) is 17.8 Å². The number of hydrogen-bond donors (Lipinski definition) is 3. The number of aliphatic hydroxyl groups is 2. The maximum absolute atomic E-state index is 10.1. The second kappa shape index (κ2) is 6.14. The summed E-state index contributed by atoms with van der Waals surface area (Å²) in [5.74, 6) is 0.312. The summed E-state index contributed by atoms with van der Waals surface area (Å²) < 4.78 is 7.63. The highest BCUT2D eigenvalue weighted by Gasteiger charge is 2.35. The molecule has 0 bridgehead atoms. The van der Waals surface area contributed by atoms with Crippen molar-refractivity contribution in [3.05, 3.63) is 42.2 Å². The minimum Gasteiger partial charge on any atom is -0.394 e. The van der Waals surface area contributed by atoms with E-state index >= 15 is 0 Å². The van der Waals surface area contributed by atoms with Crippen LogP contribution >= 0.6 is 0 Å². The van der Waals surface area contributed by atoms with E-state index in [0.717, 1.165) is 21.7 Å². The summed E-state index contributed by atoms with van der Waals surface area (Å²) in [6, 6.07) is 11.5. The fraction of sp³-hybridized carbons (Fsp3) is 0.250. The third-order valence-electron chi connectivity index (χ3n) is 5.31. The number of nitriles is 1. The lowest BCUT2D eigenvalue weighted by atomic mass is 10.0. The van der Waals surface area contributed by atoms with Crippen LogP contribution in [0.15, 0.2) is 36.7 Å². The Kier molecular flexibility index (Phi) is 3.70. The summed E-state index contributed by atoms with van der Waals surface area (Å²) >= 11 is 0. The van der Waals surface area contributed by atoms with Crippen molar-refractivity contribution >= 4 is 38.5 Å². The number of hydrogen-bond acceptors (Lipinski definition) is 7. The molecule has 140 valence electrons. The predicted octanol–water partition coefficient (Wildman–Crippen LogP) is 1.83. The molecule has 1 unspecified atom stereocenters. The van der Waals surface area contributed by atoms with Crippen LogP contribution in [0, 0.1) is 11.3 Å². The van der Waals surface area contributed by atoms with Gasteiger partial charge in [-0.05, 0) is 35.0 Å². The van der Waals surface area contributed by atoms with Crippen molar-refractivity contribution in [2.75, 3.05) is 12.3 Å². The number of fused-ring (bicyclic) bond motifs is 4. The minimum atomic E-state index is -0.753. The minimum absolute atomic E-state index is 0.254. The van der Waals surface area contributed by atoms with E-state index in [0.29, 0.717) is 28.8 Å². The third kappa shape index (κ3) is 2.42. The van der Waals surface area contributed by atoms with E-state index in [4.69, 9.17) is 10.5 Å². The number of aromatic nitrogens is 3. The summed E-state index contributed by atoms with van der Waals surface area (Å²) in [5, 5.41) is 31.4. The summed E-state index contributed by atoms with van der Waals surface area (Å²) in [4.78, 5) is 8.89. The number of pyridine rings is 1. The van der Waals surface area contributed by atoms with E-state index in [9.17, 15) is 15.5 Å². The van der Waals surface area contributed by atoms with Gasteiger partial charge in [-0.1, -0.05) is 6.07 Å². The average molecular weight is 375 g/mol. The van der Waals surface area contributed by atoms with Gasteiger partial charge in [-0.15, -0.1) is 0 Å². The summed E-state index contributed by atoms with van der Waals surface area (Å²) in [6.07, 6.45) is 0.106. The number of anilines is 1. The van der Waals surface area contributed by atoms with Crippen LogP contribution in [0.5, 0.6) is 0 Å². The zero-order valence-corrected chi connectivity index (χ0v) is 14.8. The molecule has 0 spiro atoms. The molecule has 1 aliphatic heterocycles. The lowest BCUT2D eigenvalue weighted by molar-refractivity contribution is -0.0430. The van der Waals surface area contributed by atoms with Crippen molar-refractivity contribution in [2.45, 2.75) is 24.9 Å². The van der Waals surface area contributed by atoms with Crippen molar-refractivity contribution in [2.24, 2.45) is 0 Å². The van der Waals surface area contributed by atoms with Crippen LogP contribution in [0.3, 0.4) is 0 Å². The molecule has 4 aromatic rings. The largest absolute Gasteiger partial charge is 0.394 e. The van der Waals surface area contributed by atoms with Crippen LogP contribution in [-0.4, -0.2) is 43.6 Å². The maximum atomic E-state index is 10.1. The second-order valence-corrected chi connectivity index (χ2v) is 7.00. The van der Waals surface area contributed by atoms with Gasteiger partial charge < -0.3 is 25.3 Å². The molecule has 2 aromatic heterocycles. The first kappa shape index (κ1) is 16.9. The normalized spacial score (nSPS) is 22.2. The van der Waals surface area contributed by atoms with Crippen LogP contribution in [0.25, 0.3) is 32.7 Å². The highest BCUT2D eigenvalue weighted by Crippen LogP contribution is 2.36. The Morgan fingerprint density at radius 2 is 2.14 bits per heavy atom. The molecule has 0 radical (unpaired) electrons. The number of ether oxygens (including phenoxy) is 1. The molecule has 1 fully saturated rings.